The van der Waals surface area contributed by atoms with Crippen molar-refractivity contribution in [3.8, 4) is 11.5 Å². The second-order valence-corrected chi connectivity index (χ2v) is 20.4. The monoisotopic (exact) mass is 815 g/mol. The highest BCUT2D eigenvalue weighted by Gasteiger charge is 2.45. The third-order valence-electron chi connectivity index (χ3n) is 10.9. The van der Waals surface area contributed by atoms with E-state index in [1.165, 1.54) is 24.3 Å². The molecule has 0 saturated carbocycles. The van der Waals surface area contributed by atoms with Crippen LogP contribution in [0.1, 0.15) is 76.5 Å². The molecule has 0 radical (unpaired) electrons. The van der Waals surface area contributed by atoms with Crippen molar-refractivity contribution in [3.63, 3.8) is 0 Å². The van der Waals surface area contributed by atoms with Gasteiger partial charge >= 0.3 is 5.97 Å². The van der Waals surface area contributed by atoms with E-state index in [-0.39, 0.29) is 29.2 Å². The van der Waals surface area contributed by atoms with Gasteiger partial charge in [0.1, 0.15) is 18.0 Å². The van der Waals surface area contributed by atoms with Crippen LogP contribution in [0.3, 0.4) is 0 Å². The maximum atomic E-state index is 12.4. The molecule has 0 unspecified atom stereocenters. The predicted octanol–water partition coefficient (Wildman–Crippen LogP) is 4.22. The van der Waals surface area contributed by atoms with Gasteiger partial charge in [0.15, 0.2) is 6.54 Å². The Hall–Kier alpha value is -4.13. The van der Waals surface area contributed by atoms with Crippen molar-refractivity contribution in [2.45, 2.75) is 80.4 Å². The van der Waals surface area contributed by atoms with Crippen LogP contribution in [0.4, 0.5) is 5.69 Å². The van der Waals surface area contributed by atoms with Crippen LogP contribution in [0.15, 0.2) is 46.2 Å². The molecule has 0 spiro atoms. The zero-order valence-electron chi connectivity index (χ0n) is 30.8. The summed E-state index contributed by atoms with van der Waals surface area (Å²) in [5.74, 6) is -0.250. The number of rotatable bonds is 12. The number of hydrogen-bond donors (Lipinski definition) is 4. The minimum Gasteiger partial charge on any atom is -0.481 e. The molecule has 4 N–H and O–H groups in total. The Bertz CT molecular complexity index is 2810. The number of anilines is 1. The fourth-order valence-corrected chi connectivity index (χ4v) is 10.2. The molecule has 0 aromatic heterocycles. The van der Waals surface area contributed by atoms with E-state index < -0.39 is 52.9 Å². The summed E-state index contributed by atoms with van der Waals surface area (Å²) >= 11 is 0. The van der Waals surface area contributed by atoms with Crippen LogP contribution in [0.5, 0.6) is 11.5 Å². The number of ether oxygens (including phenoxy) is 1. The second kappa shape index (κ2) is 13.2. The number of carbonyl (C=O) groups is 1. The number of unbranched alkanes of at least 4 members (excludes halogenated alkanes) is 2. The minimum absolute atomic E-state index is 0.0593. The number of aliphatic carboxylic acids is 1. The van der Waals surface area contributed by atoms with Gasteiger partial charge in [0.25, 0.3) is 30.4 Å². The molecule has 4 aromatic rings. The van der Waals surface area contributed by atoms with Crippen molar-refractivity contribution in [3.05, 3.63) is 63.7 Å². The zero-order chi connectivity index (χ0) is 40.0. The third kappa shape index (κ3) is 7.10. The van der Waals surface area contributed by atoms with Crippen LogP contribution in [-0.4, -0.2) is 81.9 Å². The lowest BCUT2D eigenvalue weighted by Gasteiger charge is -2.28. The van der Waals surface area contributed by atoms with E-state index in [4.69, 9.17) is 9.84 Å². The molecule has 17 heteroatoms. The van der Waals surface area contributed by atoms with Gasteiger partial charge in [-0.15, -0.1) is 0 Å². The second-order valence-electron chi connectivity index (χ2n) is 16.0. The Labute approximate surface area is 319 Å². The summed E-state index contributed by atoms with van der Waals surface area (Å²) in [7, 11) is -13.4. The number of hydrogen-bond acceptors (Lipinski definition) is 9. The lowest BCUT2D eigenvalue weighted by atomic mass is 9.81. The van der Waals surface area contributed by atoms with E-state index in [9.17, 15) is 43.7 Å². The molecule has 0 bridgehead atoms. The molecule has 55 heavy (non-hydrogen) atoms. The molecule has 0 aliphatic carbocycles. The number of nitrogens with zero attached hydrogens (tertiary/aromatic N) is 2. The first kappa shape index (κ1) is 39.1. The quantitative estimate of drug-likeness (QED) is 0.0790. The molecule has 0 fully saturated rings. The Morgan fingerprint density at radius 3 is 2.04 bits per heavy atom. The molecular weight excluding hydrogens is 773 g/mol. The Balaban J connectivity index is 1.54. The highest BCUT2D eigenvalue weighted by molar-refractivity contribution is 7.86. The molecule has 14 nitrogen and oxygen atoms in total. The summed E-state index contributed by atoms with van der Waals surface area (Å²) in [5.41, 5.74) is 1.83. The van der Waals surface area contributed by atoms with Gasteiger partial charge in [0, 0.05) is 53.1 Å². The molecule has 3 heterocycles. The molecular formula is C38H43N2O12S3+. The summed E-state index contributed by atoms with van der Waals surface area (Å²) < 4.78 is 112. The van der Waals surface area contributed by atoms with Crippen molar-refractivity contribution in [2.24, 2.45) is 0 Å². The smallest absolute Gasteiger partial charge is 0.303 e. The molecule has 3 aliphatic rings. The highest BCUT2D eigenvalue weighted by Crippen LogP contribution is 2.54. The first-order valence-electron chi connectivity index (χ1n) is 17.9. The SMILES string of the molecule is CC1(C)CN(CCCCCC(=O)O)c2c1c1c(c3ccc(S(=O)(=O)O)cc23)C=c2c(c3c(c4cc(S(=O)(=O)O)ccc24)=[N+](CCCS(=O)(=O)O)CC3(C)C)O1. The van der Waals surface area contributed by atoms with Gasteiger partial charge in [-0.2, -0.15) is 25.3 Å². The lowest BCUT2D eigenvalue weighted by molar-refractivity contribution is -0.137. The minimum atomic E-state index is -4.62. The van der Waals surface area contributed by atoms with Gasteiger partial charge in [0.05, 0.1) is 37.6 Å². The summed E-state index contributed by atoms with van der Waals surface area (Å²) in [5, 5.41) is 12.7. The average Bonchev–Trinajstić information content (AvgIpc) is 3.50. The number of carboxylic acid groups (broad SMARTS) is 1. The van der Waals surface area contributed by atoms with Crippen LogP contribution >= 0.6 is 0 Å². The number of carboxylic acids is 1. The van der Waals surface area contributed by atoms with Crippen molar-refractivity contribution >= 4 is 69.6 Å². The first-order valence-corrected chi connectivity index (χ1v) is 22.4. The van der Waals surface area contributed by atoms with E-state index >= 15 is 0 Å². The third-order valence-corrected chi connectivity index (χ3v) is 13.4. The lowest BCUT2D eigenvalue weighted by Crippen LogP contribution is -2.31. The van der Waals surface area contributed by atoms with Crippen molar-refractivity contribution in [2.75, 3.05) is 36.8 Å². The maximum absolute atomic E-state index is 12.4. The molecule has 4 aromatic carbocycles. The average molecular weight is 816 g/mol. The standard InChI is InChI=1S/C38H42N2O12S3/c1-37(2)20-39(14-7-5-6-9-30(41)42)33-26-17-22(54(46,47)48)10-12-24(26)28-19-29-25-13-11-23(55(49,50)51)18-27(25)34-32(36(29)52-35(28)31(33)37)38(3,4)21-40(34)15-8-16-53(43,44)45/h10-13,17-19H,5-9,14-16,20-21H2,1-4H3,(H3-,41,42,43,44,45,46,47,48,49,50,51)/p+1. The summed E-state index contributed by atoms with van der Waals surface area (Å²) in [6.45, 7) is 9.86. The van der Waals surface area contributed by atoms with E-state index in [0.29, 0.717) is 88.1 Å². The van der Waals surface area contributed by atoms with Crippen LogP contribution in [0.25, 0.3) is 27.6 Å². The first-order chi connectivity index (χ1) is 25.5. The predicted molar refractivity (Wildman–Crippen MR) is 207 cm³/mol. The summed E-state index contributed by atoms with van der Waals surface area (Å²) in [6, 6.07) is 8.70. The van der Waals surface area contributed by atoms with Gasteiger partial charge in [-0.25, -0.2) is 4.58 Å². The molecule has 294 valence electrons. The van der Waals surface area contributed by atoms with Gasteiger partial charge in [-0.1, -0.05) is 32.4 Å². The fourth-order valence-electron chi connectivity index (χ4n) is 8.73. The zero-order valence-corrected chi connectivity index (χ0v) is 33.2. The summed E-state index contributed by atoms with van der Waals surface area (Å²) in [4.78, 5) is 12.7. The van der Waals surface area contributed by atoms with Crippen LogP contribution in [-0.2, 0) is 46.0 Å². The van der Waals surface area contributed by atoms with Crippen molar-refractivity contribution in [1.29, 1.82) is 0 Å². The Morgan fingerprint density at radius 2 is 1.42 bits per heavy atom. The van der Waals surface area contributed by atoms with E-state index in [0.717, 1.165) is 16.8 Å². The van der Waals surface area contributed by atoms with Crippen LogP contribution in [0, 0.1) is 0 Å². The number of fused-ring (bicyclic) bond motifs is 12. The van der Waals surface area contributed by atoms with Gasteiger partial charge < -0.3 is 14.7 Å². The maximum Gasteiger partial charge on any atom is 0.303 e. The molecule has 0 atom stereocenters. The molecule has 0 saturated heterocycles. The largest absolute Gasteiger partial charge is 0.481 e. The highest BCUT2D eigenvalue weighted by atomic mass is 32.2. The van der Waals surface area contributed by atoms with Gasteiger partial charge in [0.2, 0.25) is 5.36 Å². The van der Waals surface area contributed by atoms with E-state index in [2.05, 4.69) is 18.7 Å². The van der Waals surface area contributed by atoms with Crippen LogP contribution < -0.4 is 24.8 Å². The van der Waals surface area contributed by atoms with E-state index in [1.807, 2.05) is 24.5 Å². The Kier molecular flexibility index (Phi) is 9.41. The normalized spacial score (nSPS) is 17.1. The topological polar surface area (TPSA) is 216 Å². The van der Waals surface area contributed by atoms with Gasteiger partial charge in [-0.05, 0) is 67.8 Å². The molecule has 3 aliphatic heterocycles. The number of benzene rings is 4. The van der Waals surface area contributed by atoms with Crippen molar-refractivity contribution < 1.29 is 53.5 Å². The molecule has 7 rings (SSSR count). The summed E-state index contributed by atoms with van der Waals surface area (Å²) in [6.07, 6.45) is 3.96. The van der Waals surface area contributed by atoms with E-state index in [1.54, 1.807) is 12.1 Å². The fraction of sp³-hybridized carbons (Fsp3) is 0.421. The molecule has 0 amide bonds. The van der Waals surface area contributed by atoms with Gasteiger partial charge in [-0.3, -0.25) is 18.5 Å². The Morgan fingerprint density at radius 1 is 0.782 bits per heavy atom. The van der Waals surface area contributed by atoms with Crippen molar-refractivity contribution in [1.82, 2.24) is 4.58 Å². The van der Waals surface area contributed by atoms with Crippen LogP contribution in [0.2, 0.25) is 0 Å².